The molecule has 1 aliphatic heterocycles. The summed E-state index contributed by atoms with van der Waals surface area (Å²) < 4.78 is 0. The topological polar surface area (TPSA) is 29.1 Å². The Kier molecular flexibility index (Phi) is 3.39. The third-order valence-corrected chi connectivity index (χ3v) is 3.47. The second-order valence-electron chi connectivity index (χ2n) is 4.79. The first-order valence-corrected chi connectivity index (χ1v) is 5.98. The predicted molar refractivity (Wildman–Crippen MR) is 65.8 cm³/mol. The summed E-state index contributed by atoms with van der Waals surface area (Å²) in [5, 5.41) is 3.30. The lowest BCUT2D eigenvalue weighted by Gasteiger charge is -2.08. The molecule has 1 aromatic rings. The number of rotatable bonds is 3. The quantitative estimate of drug-likeness (QED) is 0.788. The molecule has 1 atom stereocenters. The predicted octanol–water partition coefficient (Wildman–Crippen LogP) is 2.49. The number of ketones is 1. The second kappa shape index (κ2) is 4.79. The van der Waals surface area contributed by atoms with Crippen LogP contribution in [0.25, 0.3) is 0 Å². The van der Waals surface area contributed by atoms with Crippen molar-refractivity contribution in [3.05, 3.63) is 34.9 Å². The summed E-state index contributed by atoms with van der Waals surface area (Å²) in [4.78, 5) is 12.0. The summed E-state index contributed by atoms with van der Waals surface area (Å²) in [6.45, 7) is 6.19. The fourth-order valence-electron chi connectivity index (χ4n) is 2.18. The minimum Gasteiger partial charge on any atom is -0.316 e. The Morgan fingerprint density at radius 2 is 2.19 bits per heavy atom. The van der Waals surface area contributed by atoms with E-state index in [1.165, 1.54) is 11.1 Å². The van der Waals surface area contributed by atoms with Crippen molar-refractivity contribution in [1.82, 2.24) is 5.32 Å². The maximum Gasteiger partial charge on any atom is 0.163 e. The molecule has 0 aliphatic carbocycles. The molecule has 2 rings (SSSR count). The lowest BCUT2D eigenvalue weighted by Crippen LogP contribution is -2.13. The number of carbonyl (C=O) groups is 1. The zero-order chi connectivity index (χ0) is 11.5. The van der Waals surface area contributed by atoms with Gasteiger partial charge in [0.15, 0.2) is 5.78 Å². The lowest BCUT2D eigenvalue weighted by atomic mass is 9.96. The number of hydrogen-bond donors (Lipinski definition) is 1. The molecular weight excluding hydrogens is 198 g/mol. The van der Waals surface area contributed by atoms with Gasteiger partial charge in [0.25, 0.3) is 0 Å². The van der Waals surface area contributed by atoms with E-state index in [9.17, 15) is 4.79 Å². The average molecular weight is 217 g/mol. The van der Waals surface area contributed by atoms with E-state index < -0.39 is 0 Å². The molecule has 0 bridgehead atoms. The van der Waals surface area contributed by atoms with Crippen LogP contribution in [-0.4, -0.2) is 18.9 Å². The molecule has 0 aromatic heterocycles. The molecule has 86 valence electrons. The average Bonchev–Trinajstić information content (AvgIpc) is 2.74. The maximum absolute atomic E-state index is 12.0. The first-order chi connectivity index (χ1) is 7.66. The molecule has 16 heavy (non-hydrogen) atoms. The van der Waals surface area contributed by atoms with Gasteiger partial charge in [0, 0.05) is 12.0 Å². The Labute approximate surface area is 97.1 Å². The molecule has 0 spiro atoms. The molecule has 0 amide bonds. The summed E-state index contributed by atoms with van der Waals surface area (Å²) in [6, 6.07) is 6.00. The van der Waals surface area contributed by atoms with E-state index >= 15 is 0 Å². The van der Waals surface area contributed by atoms with E-state index in [0.29, 0.717) is 12.3 Å². The molecule has 1 saturated heterocycles. The van der Waals surface area contributed by atoms with E-state index in [0.717, 1.165) is 25.1 Å². The van der Waals surface area contributed by atoms with Crippen molar-refractivity contribution in [1.29, 1.82) is 0 Å². The van der Waals surface area contributed by atoms with Crippen molar-refractivity contribution < 1.29 is 4.79 Å². The normalized spacial score (nSPS) is 20.0. The highest BCUT2D eigenvalue weighted by atomic mass is 16.1. The van der Waals surface area contributed by atoms with Crippen LogP contribution in [0.15, 0.2) is 18.2 Å². The van der Waals surface area contributed by atoms with E-state index in [-0.39, 0.29) is 5.78 Å². The molecule has 0 saturated carbocycles. The zero-order valence-electron chi connectivity index (χ0n) is 10.0. The Bertz CT molecular complexity index is 392. The van der Waals surface area contributed by atoms with Crippen molar-refractivity contribution in [2.75, 3.05) is 13.1 Å². The zero-order valence-corrected chi connectivity index (χ0v) is 10.0. The van der Waals surface area contributed by atoms with Crippen molar-refractivity contribution in [3.8, 4) is 0 Å². The third kappa shape index (κ3) is 2.50. The van der Waals surface area contributed by atoms with Crippen LogP contribution < -0.4 is 5.32 Å². The highest BCUT2D eigenvalue weighted by Crippen LogP contribution is 2.17. The lowest BCUT2D eigenvalue weighted by molar-refractivity contribution is 0.0964. The minimum atomic E-state index is 0.289. The number of nitrogens with one attached hydrogen (secondary N) is 1. The standard InChI is InChI=1S/C14H19NO/c1-10-3-4-13(7-11(10)2)14(16)8-12-5-6-15-9-12/h3-4,7,12,15H,5-6,8-9H2,1-2H3. The molecule has 1 aromatic carbocycles. The van der Waals surface area contributed by atoms with Crippen LogP contribution in [0, 0.1) is 19.8 Å². The van der Waals surface area contributed by atoms with Crippen LogP contribution in [0.4, 0.5) is 0 Å². The van der Waals surface area contributed by atoms with Gasteiger partial charge in [-0.3, -0.25) is 4.79 Å². The number of Topliss-reactive ketones (excluding diaryl/α,β-unsaturated/α-hetero) is 1. The van der Waals surface area contributed by atoms with Crippen LogP contribution in [-0.2, 0) is 0 Å². The number of benzene rings is 1. The molecule has 1 aliphatic rings. The highest BCUT2D eigenvalue weighted by Gasteiger charge is 2.18. The van der Waals surface area contributed by atoms with Gasteiger partial charge < -0.3 is 5.32 Å². The van der Waals surface area contributed by atoms with Crippen LogP contribution in [0.5, 0.6) is 0 Å². The summed E-state index contributed by atoms with van der Waals surface area (Å²) in [7, 11) is 0. The third-order valence-electron chi connectivity index (χ3n) is 3.47. The van der Waals surface area contributed by atoms with E-state index in [4.69, 9.17) is 0 Å². The Hall–Kier alpha value is -1.15. The number of aryl methyl sites for hydroxylation is 2. The van der Waals surface area contributed by atoms with Gasteiger partial charge in [-0.15, -0.1) is 0 Å². The summed E-state index contributed by atoms with van der Waals surface area (Å²) in [5.41, 5.74) is 3.32. The van der Waals surface area contributed by atoms with Gasteiger partial charge in [0.1, 0.15) is 0 Å². The maximum atomic E-state index is 12.0. The fraction of sp³-hybridized carbons (Fsp3) is 0.500. The van der Waals surface area contributed by atoms with Gasteiger partial charge in [-0.05, 0) is 56.5 Å². The number of carbonyl (C=O) groups excluding carboxylic acids is 1. The Morgan fingerprint density at radius 3 is 2.81 bits per heavy atom. The monoisotopic (exact) mass is 217 g/mol. The second-order valence-corrected chi connectivity index (χ2v) is 4.79. The Morgan fingerprint density at radius 1 is 1.38 bits per heavy atom. The van der Waals surface area contributed by atoms with Gasteiger partial charge >= 0.3 is 0 Å². The molecule has 2 nitrogen and oxygen atoms in total. The van der Waals surface area contributed by atoms with Crippen LogP contribution >= 0.6 is 0 Å². The van der Waals surface area contributed by atoms with Gasteiger partial charge in [-0.25, -0.2) is 0 Å². The fourth-order valence-corrected chi connectivity index (χ4v) is 2.18. The summed E-state index contributed by atoms with van der Waals surface area (Å²) in [5.74, 6) is 0.825. The molecule has 0 radical (unpaired) electrons. The molecule has 1 unspecified atom stereocenters. The molecule has 1 N–H and O–H groups in total. The summed E-state index contributed by atoms with van der Waals surface area (Å²) >= 11 is 0. The molecule has 1 heterocycles. The van der Waals surface area contributed by atoms with Gasteiger partial charge in [0.05, 0.1) is 0 Å². The highest BCUT2D eigenvalue weighted by molar-refractivity contribution is 5.96. The first kappa shape index (κ1) is 11.3. The molecule has 1 fully saturated rings. The van der Waals surface area contributed by atoms with Gasteiger partial charge in [-0.1, -0.05) is 12.1 Å². The van der Waals surface area contributed by atoms with E-state index in [2.05, 4.69) is 19.2 Å². The van der Waals surface area contributed by atoms with Crippen molar-refractivity contribution in [2.45, 2.75) is 26.7 Å². The van der Waals surface area contributed by atoms with Crippen molar-refractivity contribution in [3.63, 3.8) is 0 Å². The number of hydrogen-bond acceptors (Lipinski definition) is 2. The summed E-state index contributed by atoms with van der Waals surface area (Å²) in [6.07, 6.45) is 1.83. The smallest absolute Gasteiger partial charge is 0.163 e. The SMILES string of the molecule is Cc1ccc(C(=O)CC2CCNC2)cc1C. The molecule has 2 heteroatoms. The minimum absolute atomic E-state index is 0.289. The van der Waals surface area contributed by atoms with Gasteiger partial charge in [0.2, 0.25) is 0 Å². The van der Waals surface area contributed by atoms with Crippen molar-refractivity contribution >= 4 is 5.78 Å². The first-order valence-electron chi connectivity index (χ1n) is 5.98. The van der Waals surface area contributed by atoms with Crippen molar-refractivity contribution in [2.24, 2.45) is 5.92 Å². The molecular formula is C14H19NO. The van der Waals surface area contributed by atoms with Crippen LogP contribution in [0.1, 0.15) is 34.3 Å². The van der Waals surface area contributed by atoms with Crippen LogP contribution in [0.3, 0.4) is 0 Å². The Balaban J connectivity index is 2.05. The van der Waals surface area contributed by atoms with Crippen LogP contribution in [0.2, 0.25) is 0 Å². The van der Waals surface area contributed by atoms with Gasteiger partial charge in [-0.2, -0.15) is 0 Å². The largest absolute Gasteiger partial charge is 0.316 e. The van der Waals surface area contributed by atoms with E-state index in [1.807, 2.05) is 18.2 Å². The van der Waals surface area contributed by atoms with E-state index in [1.54, 1.807) is 0 Å².